The van der Waals surface area contributed by atoms with Gasteiger partial charge in [-0.3, -0.25) is 10.1 Å². The molecule has 1 fully saturated rings. The first-order chi connectivity index (χ1) is 12.4. The molecule has 2 rings (SSSR count). The molecule has 0 bridgehead atoms. The number of nitro benzene ring substituents is 1. The van der Waals surface area contributed by atoms with Gasteiger partial charge in [-0.1, -0.05) is 13.8 Å². The molecule has 1 heterocycles. The molecular formula is C16H27N4O5S+. The van der Waals surface area contributed by atoms with E-state index in [0.717, 1.165) is 38.9 Å². The first-order valence-corrected chi connectivity index (χ1v) is 10.3. The van der Waals surface area contributed by atoms with Crippen molar-refractivity contribution in [1.82, 2.24) is 4.31 Å². The maximum Gasteiger partial charge on any atom is 0.293 e. The van der Waals surface area contributed by atoms with Gasteiger partial charge >= 0.3 is 0 Å². The molecule has 2 N–H and O–H groups in total. The van der Waals surface area contributed by atoms with Gasteiger partial charge in [0.2, 0.25) is 10.0 Å². The van der Waals surface area contributed by atoms with Crippen LogP contribution in [0.15, 0.2) is 23.1 Å². The van der Waals surface area contributed by atoms with Gasteiger partial charge < -0.3 is 15.0 Å². The van der Waals surface area contributed by atoms with Crippen LogP contribution in [0.1, 0.15) is 13.8 Å². The van der Waals surface area contributed by atoms with Crippen LogP contribution in [0.25, 0.3) is 0 Å². The van der Waals surface area contributed by atoms with Crippen LogP contribution in [-0.4, -0.2) is 70.1 Å². The van der Waals surface area contributed by atoms with E-state index < -0.39 is 14.9 Å². The van der Waals surface area contributed by atoms with E-state index >= 15 is 0 Å². The summed E-state index contributed by atoms with van der Waals surface area (Å²) in [5.41, 5.74) is 0.108. The minimum Gasteiger partial charge on any atom is -0.374 e. The molecule has 0 amide bonds. The van der Waals surface area contributed by atoms with E-state index in [9.17, 15) is 18.5 Å². The fourth-order valence-corrected chi connectivity index (χ4v) is 4.45. The second kappa shape index (κ2) is 9.26. The van der Waals surface area contributed by atoms with Gasteiger partial charge in [-0.15, -0.1) is 0 Å². The van der Waals surface area contributed by atoms with Gasteiger partial charge in [0.25, 0.3) is 5.69 Å². The van der Waals surface area contributed by atoms with Crippen LogP contribution in [0.2, 0.25) is 0 Å². The standard InChI is InChI=1S/C16H26N4O5S/c1-3-19(4-2)26(23,24)14-5-6-15(16(13-14)20(21)22)17-7-8-18-9-11-25-12-10-18/h5-6,13,17H,3-4,7-12H2,1-2H3/p+1. The molecule has 0 saturated carbocycles. The predicted molar refractivity (Wildman–Crippen MR) is 98.1 cm³/mol. The lowest BCUT2D eigenvalue weighted by molar-refractivity contribution is -0.906. The Labute approximate surface area is 154 Å². The molecule has 0 atom stereocenters. The van der Waals surface area contributed by atoms with Crippen molar-refractivity contribution in [2.45, 2.75) is 18.7 Å². The van der Waals surface area contributed by atoms with Gasteiger partial charge in [0.05, 0.1) is 36.1 Å². The predicted octanol–water partition coefficient (Wildman–Crippen LogP) is -0.0477. The summed E-state index contributed by atoms with van der Waals surface area (Å²) in [7, 11) is -3.73. The number of ether oxygens (including phenoxy) is 1. The van der Waals surface area contributed by atoms with Crippen LogP contribution in [0, 0.1) is 10.1 Å². The number of quaternary nitrogens is 1. The molecule has 0 spiro atoms. The van der Waals surface area contributed by atoms with Crippen molar-refractivity contribution in [2.75, 3.05) is 57.8 Å². The normalized spacial score (nSPS) is 16.0. The molecule has 26 heavy (non-hydrogen) atoms. The highest BCUT2D eigenvalue weighted by Gasteiger charge is 2.25. The monoisotopic (exact) mass is 387 g/mol. The van der Waals surface area contributed by atoms with Crippen molar-refractivity contribution in [1.29, 1.82) is 0 Å². The van der Waals surface area contributed by atoms with Crippen molar-refractivity contribution in [2.24, 2.45) is 0 Å². The largest absolute Gasteiger partial charge is 0.374 e. The highest BCUT2D eigenvalue weighted by molar-refractivity contribution is 7.89. The second-order valence-corrected chi connectivity index (χ2v) is 8.00. The lowest BCUT2D eigenvalue weighted by Crippen LogP contribution is -3.14. The number of nitrogens with zero attached hydrogens (tertiary/aromatic N) is 2. The first kappa shape index (κ1) is 20.6. The van der Waals surface area contributed by atoms with Gasteiger partial charge in [0.15, 0.2) is 0 Å². The van der Waals surface area contributed by atoms with E-state index in [-0.39, 0.29) is 10.6 Å². The Bertz CT molecular complexity index is 715. The smallest absolute Gasteiger partial charge is 0.293 e. The molecule has 0 aliphatic carbocycles. The van der Waals surface area contributed by atoms with E-state index in [4.69, 9.17) is 4.74 Å². The molecule has 1 saturated heterocycles. The van der Waals surface area contributed by atoms with Crippen molar-refractivity contribution >= 4 is 21.4 Å². The maximum atomic E-state index is 12.6. The van der Waals surface area contributed by atoms with Gasteiger partial charge in [0.1, 0.15) is 18.8 Å². The molecule has 1 aromatic carbocycles. The average Bonchev–Trinajstić information content (AvgIpc) is 2.63. The minimum atomic E-state index is -3.73. The lowest BCUT2D eigenvalue weighted by Gasteiger charge is -2.24. The fourth-order valence-electron chi connectivity index (χ4n) is 2.97. The Morgan fingerprint density at radius 2 is 1.92 bits per heavy atom. The number of rotatable bonds is 9. The lowest BCUT2D eigenvalue weighted by atomic mass is 10.2. The van der Waals surface area contributed by atoms with Crippen LogP contribution >= 0.6 is 0 Å². The van der Waals surface area contributed by atoms with E-state index in [2.05, 4.69) is 5.32 Å². The van der Waals surface area contributed by atoms with Gasteiger partial charge in [-0.2, -0.15) is 4.31 Å². The molecule has 9 nitrogen and oxygen atoms in total. The summed E-state index contributed by atoms with van der Waals surface area (Å²) in [6.07, 6.45) is 0. The molecule has 146 valence electrons. The third-order valence-corrected chi connectivity index (χ3v) is 6.55. The number of hydrogen-bond acceptors (Lipinski definition) is 6. The molecule has 0 aromatic heterocycles. The number of nitrogens with one attached hydrogen (secondary N) is 2. The van der Waals surface area contributed by atoms with Crippen LogP contribution in [-0.2, 0) is 14.8 Å². The number of morpholine rings is 1. The summed E-state index contributed by atoms with van der Waals surface area (Å²) < 4.78 is 31.7. The van der Waals surface area contributed by atoms with Crippen molar-refractivity contribution in [3.63, 3.8) is 0 Å². The quantitative estimate of drug-likeness (QED) is 0.455. The average molecular weight is 387 g/mol. The van der Waals surface area contributed by atoms with Crippen molar-refractivity contribution in [3.05, 3.63) is 28.3 Å². The summed E-state index contributed by atoms with van der Waals surface area (Å²) in [6.45, 7) is 8.79. The number of sulfonamides is 1. The van der Waals surface area contributed by atoms with Crippen LogP contribution in [0.4, 0.5) is 11.4 Å². The SMILES string of the molecule is CCN(CC)S(=O)(=O)c1ccc(NCC[NH+]2CCOCC2)c([N+](=O)[O-])c1. The van der Waals surface area contributed by atoms with Gasteiger partial charge in [-0.05, 0) is 12.1 Å². The van der Waals surface area contributed by atoms with Gasteiger partial charge in [-0.25, -0.2) is 8.42 Å². The number of benzene rings is 1. The zero-order valence-corrected chi connectivity index (χ0v) is 16.0. The zero-order chi connectivity index (χ0) is 19.2. The number of anilines is 1. The molecule has 0 unspecified atom stereocenters. The highest BCUT2D eigenvalue weighted by Crippen LogP contribution is 2.28. The van der Waals surface area contributed by atoms with Crippen LogP contribution < -0.4 is 10.2 Å². The third-order valence-electron chi connectivity index (χ3n) is 4.50. The number of nitro groups is 1. The summed E-state index contributed by atoms with van der Waals surface area (Å²) in [5.74, 6) is 0. The Morgan fingerprint density at radius 1 is 1.27 bits per heavy atom. The Morgan fingerprint density at radius 3 is 2.50 bits per heavy atom. The van der Waals surface area contributed by atoms with E-state index in [1.807, 2.05) is 0 Å². The molecule has 10 heteroatoms. The van der Waals surface area contributed by atoms with E-state index in [0.29, 0.717) is 25.3 Å². The van der Waals surface area contributed by atoms with Crippen molar-refractivity contribution < 1.29 is 23.0 Å². The molecule has 1 aliphatic rings. The Kier molecular flexibility index (Phi) is 7.33. The number of hydrogen-bond donors (Lipinski definition) is 2. The Hall–Kier alpha value is -1.75. The summed E-state index contributed by atoms with van der Waals surface area (Å²) in [6, 6.07) is 4.03. The van der Waals surface area contributed by atoms with Gasteiger partial charge in [0, 0.05) is 19.2 Å². The maximum absolute atomic E-state index is 12.6. The topological polar surface area (TPSA) is 106 Å². The zero-order valence-electron chi connectivity index (χ0n) is 15.2. The third kappa shape index (κ3) is 4.91. The molecule has 0 radical (unpaired) electrons. The Balaban J connectivity index is 2.14. The van der Waals surface area contributed by atoms with Crippen LogP contribution in [0.5, 0.6) is 0 Å². The van der Waals surface area contributed by atoms with E-state index in [1.165, 1.54) is 21.3 Å². The van der Waals surface area contributed by atoms with Crippen molar-refractivity contribution in [3.8, 4) is 0 Å². The summed E-state index contributed by atoms with van der Waals surface area (Å²) in [5, 5.41) is 14.5. The molecular weight excluding hydrogens is 360 g/mol. The first-order valence-electron chi connectivity index (χ1n) is 8.84. The second-order valence-electron chi connectivity index (χ2n) is 6.06. The van der Waals surface area contributed by atoms with E-state index in [1.54, 1.807) is 13.8 Å². The van der Waals surface area contributed by atoms with Crippen LogP contribution in [0.3, 0.4) is 0 Å². The minimum absolute atomic E-state index is 0.0581. The summed E-state index contributed by atoms with van der Waals surface area (Å²) in [4.78, 5) is 12.2. The molecule has 1 aliphatic heterocycles. The highest BCUT2D eigenvalue weighted by atomic mass is 32.2. The summed E-state index contributed by atoms with van der Waals surface area (Å²) >= 11 is 0. The fraction of sp³-hybridized carbons (Fsp3) is 0.625. The molecule has 1 aromatic rings.